The Morgan fingerprint density at radius 3 is 2.08 bits per heavy atom. The maximum atomic E-state index is 10.7. The van der Waals surface area contributed by atoms with E-state index in [-0.39, 0.29) is 6.42 Å². The van der Waals surface area contributed by atoms with E-state index < -0.39 is 13.7 Å². The van der Waals surface area contributed by atoms with Gasteiger partial charge in [0.2, 0.25) is 10.5 Å². The molecule has 0 saturated carbocycles. The van der Waals surface area contributed by atoms with E-state index in [4.69, 9.17) is 23.2 Å². The summed E-state index contributed by atoms with van der Waals surface area (Å²) in [7, 11) is 0. The molecule has 0 aromatic rings. The summed E-state index contributed by atoms with van der Waals surface area (Å²) in [6, 6.07) is 0. The van der Waals surface area contributed by atoms with Crippen LogP contribution >= 0.6 is 55.1 Å². The molecule has 12 heavy (non-hydrogen) atoms. The van der Waals surface area contributed by atoms with Crippen molar-refractivity contribution >= 4 is 65.5 Å². The van der Waals surface area contributed by atoms with Gasteiger partial charge in [-0.1, -0.05) is 31.9 Å². The molecule has 0 radical (unpaired) electrons. The lowest BCUT2D eigenvalue weighted by Gasteiger charge is -2.13. The van der Waals surface area contributed by atoms with Gasteiger partial charge < -0.3 is 0 Å². The zero-order chi connectivity index (χ0) is 9.78. The molecule has 6 heteroatoms. The predicted molar refractivity (Wildman–Crippen MR) is 56.2 cm³/mol. The van der Waals surface area contributed by atoms with Crippen LogP contribution in [-0.4, -0.2) is 13.7 Å². The number of alkyl halides is 2. The van der Waals surface area contributed by atoms with Crippen LogP contribution in [0.15, 0.2) is 0 Å². The lowest BCUT2D eigenvalue weighted by molar-refractivity contribution is -0.113. The van der Waals surface area contributed by atoms with Crippen molar-refractivity contribution in [3.05, 3.63) is 0 Å². The number of carbonyl (C=O) groups excluding carboxylic acids is 2. The third-order valence-electron chi connectivity index (χ3n) is 1.15. The van der Waals surface area contributed by atoms with Crippen LogP contribution in [0.5, 0.6) is 0 Å². The van der Waals surface area contributed by atoms with Crippen molar-refractivity contribution in [2.24, 2.45) is 0 Å². The summed E-state index contributed by atoms with van der Waals surface area (Å²) in [6.07, 6.45) is 1.18. The largest absolute Gasteiger partial charge is 0.281 e. The third kappa shape index (κ3) is 5.51. The van der Waals surface area contributed by atoms with E-state index in [2.05, 4.69) is 31.9 Å². The molecule has 0 aliphatic heterocycles. The normalized spacial score (nSPS) is 11.3. The van der Waals surface area contributed by atoms with Gasteiger partial charge in [0.1, 0.15) is 0 Å². The van der Waals surface area contributed by atoms with Crippen molar-refractivity contribution in [3.63, 3.8) is 0 Å². The molecular weight excluding hydrogens is 335 g/mol. The average Bonchev–Trinajstić information content (AvgIpc) is 1.85. The molecule has 0 unspecified atom stereocenters. The van der Waals surface area contributed by atoms with E-state index in [1.165, 1.54) is 0 Å². The van der Waals surface area contributed by atoms with Gasteiger partial charge in [-0.05, 0) is 36.0 Å². The van der Waals surface area contributed by atoms with Crippen LogP contribution in [0, 0.1) is 0 Å². The Hall–Kier alpha value is 0.880. The van der Waals surface area contributed by atoms with Crippen molar-refractivity contribution in [1.82, 2.24) is 0 Å². The molecule has 0 fully saturated rings. The minimum absolute atomic E-state index is 0.241. The third-order valence-corrected chi connectivity index (χ3v) is 3.63. The van der Waals surface area contributed by atoms with Gasteiger partial charge in [0.15, 0.2) is 3.23 Å². The minimum Gasteiger partial charge on any atom is -0.281 e. The Bertz CT molecular complexity index is 194. The van der Waals surface area contributed by atoms with Gasteiger partial charge in [-0.2, -0.15) is 0 Å². The van der Waals surface area contributed by atoms with Gasteiger partial charge in [-0.3, -0.25) is 9.59 Å². The number of rotatable bonds is 5. The summed E-state index contributed by atoms with van der Waals surface area (Å²) >= 11 is 16.5. The first-order valence-electron chi connectivity index (χ1n) is 3.12. The van der Waals surface area contributed by atoms with Crippen molar-refractivity contribution < 1.29 is 9.59 Å². The van der Waals surface area contributed by atoms with Gasteiger partial charge in [0.25, 0.3) is 0 Å². The van der Waals surface area contributed by atoms with Gasteiger partial charge in [0, 0.05) is 6.42 Å². The van der Waals surface area contributed by atoms with E-state index in [0.717, 1.165) is 0 Å². The predicted octanol–water partition coefficient (Wildman–Crippen LogP) is 3.17. The van der Waals surface area contributed by atoms with Gasteiger partial charge in [0.05, 0.1) is 0 Å². The second kappa shape index (κ2) is 5.58. The summed E-state index contributed by atoms with van der Waals surface area (Å²) in [5.74, 6) is 0. The number of halogens is 4. The van der Waals surface area contributed by atoms with Gasteiger partial charge in [-0.15, -0.1) is 0 Å². The zero-order valence-corrected chi connectivity index (χ0v) is 10.6. The van der Waals surface area contributed by atoms with E-state index in [1.807, 2.05) is 0 Å². The summed E-state index contributed by atoms with van der Waals surface area (Å²) in [4.78, 5) is 21.0. The fourth-order valence-electron chi connectivity index (χ4n) is 0.548. The van der Waals surface area contributed by atoms with Crippen LogP contribution in [0.2, 0.25) is 0 Å². The molecule has 0 atom stereocenters. The topological polar surface area (TPSA) is 34.1 Å². The first-order valence-corrected chi connectivity index (χ1v) is 5.46. The van der Waals surface area contributed by atoms with Crippen molar-refractivity contribution in [1.29, 1.82) is 0 Å². The number of hydrogen-bond acceptors (Lipinski definition) is 2. The van der Waals surface area contributed by atoms with Crippen LogP contribution < -0.4 is 0 Å². The van der Waals surface area contributed by atoms with Crippen LogP contribution in [0.3, 0.4) is 0 Å². The molecule has 0 spiro atoms. The molecule has 0 N–H and O–H groups in total. The second-order valence-electron chi connectivity index (χ2n) is 2.19. The highest BCUT2D eigenvalue weighted by molar-refractivity contribution is 9.26. The van der Waals surface area contributed by atoms with E-state index in [9.17, 15) is 9.59 Å². The summed E-state index contributed by atoms with van der Waals surface area (Å²) < 4.78 is -0.923. The van der Waals surface area contributed by atoms with Crippen LogP contribution in [0.1, 0.15) is 19.3 Å². The molecule has 0 aliphatic rings. The summed E-state index contributed by atoms with van der Waals surface area (Å²) in [5.41, 5.74) is 0. The van der Waals surface area contributed by atoms with Crippen LogP contribution in [0.25, 0.3) is 0 Å². The molecule has 0 amide bonds. The van der Waals surface area contributed by atoms with E-state index in [1.54, 1.807) is 0 Å². The lowest BCUT2D eigenvalue weighted by Crippen LogP contribution is -2.19. The number of carbonyl (C=O) groups is 2. The molecule has 0 saturated heterocycles. The molecule has 0 rings (SSSR count). The molecule has 0 heterocycles. The highest BCUT2D eigenvalue weighted by atomic mass is 79.9. The van der Waals surface area contributed by atoms with Crippen molar-refractivity contribution in [3.8, 4) is 0 Å². The molecule has 70 valence electrons. The lowest BCUT2D eigenvalue weighted by atomic mass is 10.2. The van der Waals surface area contributed by atoms with Crippen molar-refractivity contribution in [2.75, 3.05) is 0 Å². The molecular formula is C6H6Br2Cl2O2. The average molecular weight is 341 g/mol. The Morgan fingerprint density at radius 2 is 1.75 bits per heavy atom. The van der Waals surface area contributed by atoms with Gasteiger partial charge in [-0.25, -0.2) is 0 Å². The highest BCUT2D eigenvalue weighted by Gasteiger charge is 2.29. The smallest absolute Gasteiger partial charge is 0.249 e. The maximum absolute atomic E-state index is 10.7. The Kier molecular flexibility index (Phi) is 5.99. The summed E-state index contributed by atoms with van der Waals surface area (Å²) in [5, 5.41) is -0.947. The molecule has 0 aromatic carbocycles. The standard InChI is InChI=1S/C6H6Br2Cl2O2/c7-6(8,5(10)12)3-1-2-4(9)11/h1-3H2. The fraction of sp³-hybridized carbons (Fsp3) is 0.667. The fourth-order valence-corrected chi connectivity index (χ4v) is 1.34. The molecule has 0 aliphatic carbocycles. The van der Waals surface area contributed by atoms with Crippen LogP contribution in [-0.2, 0) is 9.59 Å². The zero-order valence-electron chi connectivity index (χ0n) is 5.95. The Morgan fingerprint density at radius 1 is 1.25 bits per heavy atom. The Balaban J connectivity index is 3.76. The van der Waals surface area contributed by atoms with Crippen molar-refractivity contribution in [2.45, 2.75) is 22.5 Å². The molecule has 0 bridgehead atoms. The molecule has 0 aromatic heterocycles. The maximum Gasteiger partial charge on any atom is 0.249 e. The van der Waals surface area contributed by atoms with E-state index in [0.29, 0.717) is 12.8 Å². The number of hydrogen-bond donors (Lipinski definition) is 0. The monoisotopic (exact) mass is 338 g/mol. The SMILES string of the molecule is O=C(Cl)CCCC(Br)(Br)C(=O)Cl. The van der Waals surface area contributed by atoms with E-state index >= 15 is 0 Å². The van der Waals surface area contributed by atoms with Gasteiger partial charge >= 0.3 is 0 Å². The van der Waals surface area contributed by atoms with Crippen LogP contribution in [0.4, 0.5) is 0 Å². The second-order valence-corrected chi connectivity index (χ2v) is 6.72. The minimum atomic E-state index is -0.923. The first kappa shape index (κ1) is 12.9. The summed E-state index contributed by atoms with van der Waals surface area (Å²) in [6.45, 7) is 0. The Labute approximate surface area is 97.2 Å². The quantitative estimate of drug-likeness (QED) is 0.569. The molecule has 2 nitrogen and oxygen atoms in total. The first-order chi connectivity index (χ1) is 5.36. The highest BCUT2D eigenvalue weighted by Crippen LogP contribution is 2.34.